The minimum atomic E-state index is -2.26. The number of hydrogen-bond donors (Lipinski definition) is 4. The van der Waals surface area contributed by atoms with Crippen LogP contribution in [0.1, 0.15) is 57.9 Å². The fraction of sp³-hybridized carbons (Fsp3) is 0.565. The van der Waals surface area contributed by atoms with Crippen molar-refractivity contribution in [2.45, 2.75) is 63.8 Å². The molecule has 1 aliphatic heterocycles. The number of halogens is 1. The highest BCUT2D eigenvalue weighted by molar-refractivity contribution is 7.77. The van der Waals surface area contributed by atoms with Crippen LogP contribution >= 0.6 is 11.6 Å². The van der Waals surface area contributed by atoms with E-state index in [9.17, 15) is 8.76 Å². The summed E-state index contributed by atoms with van der Waals surface area (Å²) >= 11 is 4.14. The highest BCUT2D eigenvalue weighted by atomic mass is 35.5. The van der Waals surface area contributed by atoms with Gasteiger partial charge in [-0.25, -0.2) is 9.71 Å². The molecule has 33 heavy (non-hydrogen) atoms. The first kappa shape index (κ1) is 24.2. The van der Waals surface area contributed by atoms with Gasteiger partial charge in [-0.2, -0.15) is 4.98 Å². The van der Waals surface area contributed by atoms with E-state index in [-0.39, 0.29) is 17.4 Å². The van der Waals surface area contributed by atoms with Gasteiger partial charge < -0.3 is 20.5 Å². The highest BCUT2D eigenvalue weighted by Crippen LogP contribution is 2.38. The SMILES string of the molecule is CC1(C)CCCNc2ccc(Nc3ncc(Cl)c(N[C@@H]4CCCC[C@@H]4CNS(=O)[O-])n3)cc21. The second-order valence-corrected chi connectivity index (χ2v) is 10.7. The molecule has 4 N–H and O–H groups in total. The molecular formula is C23H32ClN6O2S-. The molecule has 4 rings (SSSR count). The Morgan fingerprint density at radius 2 is 2.09 bits per heavy atom. The average molecular weight is 492 g/mol. The van der Waals surface area contributed by atoms with Gasteiger partial charge in [-0.05, 0) is 60.8 Å². The van der Waals surface area contributed by atoms with Gasteiger partial charge in [-0.1, -0.05) is 38.3 Å². The summed E-state index contributed by atoms with van der Waals surface area (Å²) in [5.41, 5.74) is 3.47. The molecule has 1 saturated carbocycles. The molecule has 0 amide bonds. The fourth-order valence-electron chi connectivity index (χ4n) is 4.87. The maximum atomic E-state index is 10.9. The lowest BCUT2D eigenvalue weighted by Crippen LogP contribution is -2.39. The summed E-state index contributed by atoms with van der Waals surface area (Å²) < 4.78 is 24.4. The quantitative estimate of drug-likeness (QED) is 0.414. The van der Waals surface area contributed by atoms with Crippen molar-refractivity contribution >= 4 is 46.0 Å². The topological polar surface area (TPSA) is 114 Å². The van der Waals surface area contributed by atoms with E-state index in [0.29, 0.717) is 23.3 Å². The molecule has 1 aromatic carbocycles. The molecule has 8 nitrogen and oxygen atoms in total. The maximum absolute atomic E-state index is 10.9. The Kier molecular flexibility index (Phi) is 7.73. The van der Waals surface area contributed by atoms with Crippen molar-refractivity contribution in [3.8, 4) is 0 Å². The minimum Gasteiger partial charge on any atom is -0.760 e. The summed E-state index contributed by atoms with van der Waals surface area (Å²) in [6.07, 6.45) is 7.92. The summed E-state index contributed by atoms with van der Waals surface area (Å²) in [4.78, 5) is 9.00. The zero-order valence-corrected chi connectivity index (χ0v) is 20.7. The smallest absolute Gasteiger partial charge is 0.229 e. The number of nitrogens with one attached hydrogen (secondary N) is 4. The lowest BCUT2D eigenvalue weighted by atomic mass is 9.80. The molecule has 1 unspecified atom stereocenters. The van der Waals surface area contributed by atoms with Crippen molar-refractivity contribution < 1.29 is 8.76 Å². The monoisotopic (exact) mass is 491 g/mol. The van der Waals surface area contributed by atoms with E-state index >= 15 is 0 Å². The number of anilines is 4. The first-order chi connectivity index (χ1) is 15.8. The number of aromatic nitrogens is 2. The van der Waals surface area contributed by atoms with Crippen molar-refractivity contribution in [3.05, 3.63) is 35.0 Å². The average Bonchev–Trinajstić information content (AvgIpc) is 2.93. The molecule has 3 atom stereocenters. The second kappa shape index (κ2) is 10.5. The first-order valence-corrected chi connectivity index (χ1v) is 13.0. The molecule has 1 fully saturated rings. The Labute approximate surface area is 203 Å². The number of hydrogen-bond acceptors (Lipinski definition) is 7. The van der Waals surface area contributed by atoms with E-state index in [1.54, 1.807) is 6.20 Å². The molecule has 0 spiro atoms. The van der Waals surface area contributed by atoms with Crippen LogP contribution in [-0.4, -0.2) is 37.9 Å². The van der Waals surface area contributed by atoms with Crippen molar-refractivity contribution in [2.75, 3.05) is 29.0 Å². The van der Waals surface area contributed by atoms with Crippen LogP contribution in [0.4, 0.5) is 23.1 Å². The van der Waals surface area contributed by atoms with Crippen LogP contribution < -0.4 is 20.7 Å². The van der Waals surface area contributed by atoms with Crippen molar-refractivity contribution in [1.82, 2.24) is 14.7 Å². The minimum absolute atomic E-state index is 0.0852. The Morgan fingerprint density at radius 1 is 1.27 bits per heavy atom. The fourth-order valence-corrected chi connectivity index (χ4v) is 5.37. The third-order valence-corrected chi connectivity index (χ3v) is 7.42. The number of nitrogens with zero attached hydrogens (tertiary/aromatic N) is 2. The van der Waals surface area contributed by atoms with E-state index in [1.165, 1.54) is 11.3 Å². The van der Waals surface area contributed by atoms with Gasteiger partial charge in [-0.3, -0.25) is 4.21 Å². The zero-order valence-electron chi connectivity index (χ0n) is 19.1. The molecule has 2 aromatic rings. The lowest BCUT2D eigenvalue weighted by molar-refractivity contribution is 0.323. The van der Waals surface area contributed by atoms with Gasteiger partial charge in [0.25, 0.3) is 0 Å². The van der Waals surface area contributed by atoms with Crippen LogP contribution in [0.3, 0.4) is 0 Å². The maximum Gasteiger partial charge on any atom is 0.229 e. The van der Waals surface area contributed by atoms with Crippen molar-refractivity contribution in [2.24, 2.45) is 5.92 Å². The van der Waals surface area contributed by atoms with E-state index in [4.69, 9.17) is 11.6 Å². The van der Waals surface area contributed by atoms with Gasteiger partial charge >= 0.3 is 0 Å². The largest absolute Gasteiger partial charge is 0.760 e. The Morgan fingerprint density at radius 3 is 2.91 bits per heavy atom. The number of rotatable bonds is 7. The van der Waals surface area contributed by atoms with Gasteiger partial charge in [0.2, 0.25) is 5.95 Å². The van der Waals surface area contributed by atoms with Crippen LogP contribution in [0, 0.1) is 5.92 Å². The normalized spacial score (nSPS) is 23.0. The molecule has 1 aliphatic carbocycles. The van der Waals surface area contributed by atoms with E-state index in [1.807, 2.05) is 6.07 Å². The lowest BCUT2D eigenvalue weighted by Gasteiger charge is -2.33. The highest BCUT2D eigenvalue weighted by Gasteiger charge is 2.27. The van der Waals surface area contributed by atoms with Crippen LogP contribution in [0.15, 0.2) is 24.4 Å². The Balaban J connectivity index is 1.51. The summed E-state index contributed by atoms with van der Waals surface area (Å²) in [5.74, 6) is 1.21. The molecule has 2 aliphatic rings. The van der Waals surface area contributed by atoms with Gasteiger partial charge in [0.1, 0.15) is 5.02 Å². The van der Waals surface area contributed by atoms with Gasteiger partial charge in [0.05, 0.1) is 6.20 Å². The first-order valence-electron chi connectivity index (χ1n) is 11.6. The predicted molar refractivity (Wildman–Crippen MR) is 134 cm³/mol. The molecule has 1 aromatic heterocycles. The van der Waals surface area contributed by atoms with Gasteiger partial charge in [0.15, 0.2) is 5.82 Å². The number of fused-ring (bicyclic) bond motifs is 1. The summed E-state index contributed by atoms with van der Waals surface area (Å²) in [5, 5.41) is 10.7. The molecule has 10 heteroatoms. The number of benzene rings is 1. The Hall–Kier alpha value is -1.94. The molecule has 0 saturated heterocycles. The summed E-state index contributed by atoms with van der Waals surface area (Å²) in [6, 6.07) is 6.41. The van der Waals surface area contributed by atoms with E-state index in [2.05, 4.69) is 56.6 Å². The zero-order chi connectivity index (χ0) is 23.4. The van der Waals surface area contributed by atoms with Crippen molar-refractivity contribution in [3.63, 3.8) is 0 Å². The van der Waals surface area contributed by atoms with Gasteiger partial charge in [-0.15, -0.1) is 0 Å². The van der Waals surface area contributed by atoms with E-state index in [0.717, 1.165) is 50.8 Å². The third-order valence-electron chi connectivity index (χ3n) is 6.74. The second-order valence-electron chi connectivity index (χ2n) is 9.57. The molecule has 0 radical (unpaired) electrons. The van der Waals surface area contributed by atoms with Crippen LogP contribution in [-0.2, 0) is 16.7 Å². The van der Waals surface area contributed by atoms with Crippen LogP contribution in [0.25, 0.3) is 0 Å². The summed E-state index contributed by atoms with van der Waals surface area (Å²) in [7, 11) is 0. The van der Waals surface area contributed by atoms with E-state index < -0.39 is 11.3 Å². The van der Waals surface area contributed by atoms with Crippen molar-refractivity contribution in [1.29, 1.82) is 0 Å². The molecule has 0 bridgehead atoms. The van der Waals surface area contributed by atoms with Crippen LogP contribution in [0.2, 0.25) is 5.02 Å². The molecular weight excluding hydrogens is 460 g/mol. The summed E-state index contributed by atoms with van der Waals surface area (Å²) in [6.45, 7) is 5.95. The predicted octanol–water partition coefficient (Wildman–Crippen LogP) is 4.71. The van der Waals surface area contributed by atoms with Gasteiger partial charge in [0, 0.05) is 41.8 Å². The molecule has 2 heterocycles. The Bertz CT molecular complexity index is 1000. The molecule has 180 valence electrons. The third kappa shape index (κ3) is 6.15. The van der Waals surface area contributed by atoms with Crippen LogP contribution in [0.5, 0.6) is 0 Å². The standard InChI is InChI=1S/C23H33ClN6O2S/c1-23(2)10-5-11-25-20-9-8-16(12-17(20)23)28-22-26-14-18(24)21(30-22)29-19-7-4-3-6-15(19)13-27-33(31)32/h8-9,12,14-15,19,25,27H,3-7,10-11,13H2,1-2H3,(H,31,32)(H2,26,28,29,30)/p-1/t15-,19-/m1/s1.